The molecule has 0 radical (unpaired) electrons. The van der Waals surface area contributed by atoms with Gasteiger partial charge in [-0.25, -0.2) is 4.79 Å². The van der Waals surface area contributed by atoms with Crippen LogP contribution in [0.5, 0.6) is 0 Å². The summed E-state index contributed by atoms with van der Waals surface area (Å²) < 4.78 is 49.2. The lowest BCUT2D eigenvalue weighted by molar-refractivity contribution is -0.163. The maximum Gasteiger partial charge on any atom is 0.410 e. The maximum atomic E-state index is 12.9. The summed E-state index contributed by atoms with van der Waals surface area (Å²) >= 11 is 0. The molecule has 2 amide bonds. The molecule has 2 heterocycles. The van der Waals surface area contributed by atoms with Gasteiger partial charge in [0.15, 0.2) is 0 Å². The highest BCUT2D eigenvalue weighted by atomic mass is 19.4. The third kappa shape index (κ3) is 8.35. The van der Waals surface area contributed by atoms with E-state index in [1.54, 1.807) is 36.6 Å². The average molecular weight is 419 g/mol. The first-order chi connectivity index (χ1) is 13.4. The molecule has 1 aliphatic rings. The molecule has 2 rings (SSSR count). The molecule has 1 fully saturated rings. The molecule has 1 saturated heterocycles. The van der Waals surface area contributed by atoms with E-state index in [-0.39, 0.29) is 18.8 Å². The molecule has 1 aromatic heterocycles. The van der Waals surface area contributed by atoms with E-state index in [2.05, 4.69) is 0 Å². The van der Waals surface area contributed by atoms with Gasteiger partial charge in [0, 0.05) is 26.2 Å². The van der Waals surface area contributed by atoms with Crippen LogP contribution >= 0.6 is 0 Å². The number of carbonyl (C=O) groups is 2. The lowest BCUT2D eigenvalue weighted by atomic mass is 10.2. The average Bonchev–Trinajstić information content (AvgIpc) is 2.96. The van der Waals surface area contributed by atoms with Crippen molar-refractivity contribution in [3.63, 3.8) is 0 Å². The van der Waals surface area contributed by atoms with Crippen LogP contribution in [-0.2, 0) is 16.1 Å². The first-order valence-electron chi connectivity index (χ1n) is 9.50. The Hall–Kier alpha value is -2.23. The number of amides is 2. The minimum absolute atomic E-state index is 0.154. The first kappa shape index (κ1) is 23.1. The zero-order valence-corrected chi connectivity index (χ0v) is 17.0. The Morgan fingerprint density at radius 3 is 2.48 bits per heavy atom. The van der Waals surface area contributed by atoms with Crippen molar-refractivity contribution < 1.29 is 31.9 Å². The Bertz CT molecular complexity index is 671. The lowest BCUT2D eigenvalue weighted by Gasteiger charge is -2.27. The van der Waals surface area contributed by atoms with Crippen molar-refractivity contribution in [1.29, 1.82) is 0 Å². The predicted molar refractivity (Wildman–Crippen MR) is 99.0 cm³/mol. The van der Waals surface area contributed by atoms with Gasteiger partial charge in [-0.2, -0.15) is 13.2 Å². The summed E-state index contributed by atoms with van der Waals surface area (Å²) in [5.41, 5.74) is -0.608. The number of alkyl halides is 3. The van der Waals surface area contributed by atoms with E-state index in [0.29, 0.717) is 32.6 Å². The van der Waals surface area contributed by atoms with Crippen LogP contribution in [0, 0.1) is 0 Å². The topological polar surface area (TPSA) is 66.2 Å². The van der Waals surface area contributed by atoms with Gasteiger partial charge in [0.1, 0.15) is 17.9 Å². The maximum absolute atomic E-state index is 12.9. The van der Waals surface area contributed by atoms with Crippen molar-refractivity contribution in [3.05, 3.63) is 24.2 Å². The summed E-state index contributed by atoms with van der Waals surface area (Å²) in [5.74, 6) is -0.348. The zero-order valence-electron chi connectivity index (χ0n) is 17.0. The second-order valence-corrected chi connectivity index (χ2v) is 8.04. The van der Waals surface area contributed by atoms with E-state index in [0.717, 1.165) is 4.90 Å². The van der Waals surface area contributed by atoms with Gasteiger partial charge in [-0.05, 0) is 39.3 Å². The van der Waals surface area contributed by atoms with Crippen LogP contribution in [0.15, 0.2) is 22.8 Å². The number of nitrogens with zero attached hydrogens (tertiary/aromatic N) is 3. The molecule has 164 valence electrons. The third-order valence-electron chi connectivity index (χ3n) is 4.25. The van der Waals surface area contributed by atoms with E-state index in [1.807, 2.05) is 0 Å². The number of hydrogen-bond acceptors (Lipinski definition) is 5. The molecule has 0 aromatic carbocycles. The molecule has 1 aliphatic heterocycles. The molecule has 10 heteroatoms. The van der Waals surface area contributed by atoms with Gasteiger partial charge in [0.25, 0.3) is 0 Å². The molecule has 29 heavy (non-hydrogen) atoms. The minimum Gasteiger partial charge on any atom is -0.467 e. The number of rotatable bonds is 5. The van der Waals surface area contributed by atoms with Crippen LogP contribution in [0.4, 0.5) is 18.0 Å². The van der Waals surface area contributed by atoms with Gasteiger partial charge in [0.05, 0.1) is 19.4 Å². The number of furan rings is 1. The van der Waals surface area contributed by atoms with Crippen LogP contribution in [0.25, 0.3) is 0 Å². The third-order valence-corrected chi connectivity index (χ3v) is 4.25. The predicted octanol–water partition coefficient (Wildman–Crippen LogP) is 3.11. The summed E-state index contributed by atoms with van der Waals surface area (Å²) in [6, 6.07) is 3.09. The smallest absolute Gasteiger partial charge is 0.410 e. The Labute approximate surface area is 168 Å². The van der Waals surface area contributed by atoms with Gasteiger partial charge in [0.2, 0.25) is 5.91 Å². The van der Waals surface area contributed by atoms with Gasteiger partial charge < -0.3 is 19.0 Å². The molecule has 0 saturated carbocycles. The molecule has 1 aromatic rings. The fourth-order valence-corrected chi connectivity index (χ4v) is 2.97. The molecule has 0 bridgehead atoms. The molecule has 0 unspecified atom stereocenters. The van der Waals surface area contributed by atoms with Crippen LogP contribution in [0.1, 0.15) is 33.0 Å². The van der Waals surface area contributed by atoms with E-state index in [9.17, 15) is 22.8 Å². The van der Waals surface area contributed by atoms with Crippen molar-refractivity contribution in [3.8, 4) is 0 Å². The fraction of sp³-hybridized carbons (Fsp3) is 0.684. The van der Waals surface area contributed by atoms with Crippen LogP contribution in [0.3, 0.4) is 0 Å². The highest BCUT2D eigenvalue weighted by molar-refractivity contribution is 5.78. The van der Waals surface area contributed by atoms with Crippen molar-refractivity contribution in [1.82, 2.24) is 14.7 Å². The van der Waals surface area contributed by atoms with Gasteiger partial charge in [-0.1, -0.05) is 0 Å². The highest BCUT2D eigenvalue weighted by Crippen LogP contribution is 2.19. The second-order valence-electron chi connectivity index (χ2n) is 8.04. The summed E-state index contributed by atoms with van der Waals surface area (Å²) in [4.78, 5) is 28.8. The van der Waals surface area contributed by atoms with Crippen LogP contribution in [0.2, 0.25) is 0 Å². The Morgan fingerprint density at radius 1 is 1.17 bits per heavy atom. The number of hydrogen-bond donors (Lipinski definition) is 0. The molecular formula is C19H28F3N3O4. The number of halogens is 3. The zero-order chi connectivity index (χ0) is 21.7. The quantitative estimate of drug-likeness (QED) is 0.734. The summed E-state index contributed by atoms with van der Waals surface area (Å²) in [5, 5.41) is 0. The molecule has 0 N–H and O–H groups in total. The second kappa shape index (κ2) is 9.51. The molecule has 0 spiro atoms. The fourth-order valence-electron chi connectivity index (χ4n) is 2.97. The van der Waals surface area contributed by atoms with Crippen molar-refractivity contribution in [2.24, 2.45) is 0 Å². The normalized spacial score (nSPS) is 16.4. The first-order valence-corrected chi connectivity index (χ1v) is 9.50. The van der Waals surface area contributed by atoms with Crippen molar-refractivity contribution >= 4 is 12.0 Å². The van der Waals surface area contributed by atoms with E-state index in [4.69, 9.17) is 9.15 Å². The number of carbonyl (C=O) groups excluding carboxylic acids is 2. The Morgan fingerprint density at radius 2 is 1.90 bits per heavy atom. The van der Waals surface area contributed by atoms with Crippen LogP contribution in [-0.4, -0.2) is 77.7 Å². The van der Waals surface area contributed by atoms with E-state index in [1.165, 1.54) is 12.3 Å². The molecule has 0 aliphatic carbocycles. The van der Waals surface area contributed by atoms with Gasteiger partial charge >= 0.3 is 12.3 Å². The Kier molecular flexibility index (Phi) is 7.56. The highest BCUT2D eigenvalue weighted by Gasteiger charge is 2.34. The summed E-state index contributed by atoms with van der Waals surface area (Å²) in [7, 11) is 0. The number of ether oxygens (including phenoxy) is 1. The minimum atomic E-state index is -4.51. The largest absolute Gasteiger partial charge is 0.467 e. The van der Waals surface area contributed by atoms with Crippen LogP contribution < -0.4 is 0 Å². The molecule has 7 nitrogen and oxygen atoms in total. The Balaban J connectivity index is 1.94. The standard InChI is InChI=1S/C19H28F3N3O4/c1-18(2,3)29-17(27)24-8-5-7-23(9-10-24)13-16(26)25(14-19(20,21)22)12-15-6-4-11-28-15/h4,6,11H,5,7-10,12-14H2,1-3H3. The monoisotopic (exact) mass is 419 g/mol. The van der Waals surface area contributed by atoms with Crippen molar-refractivity contribution in [2.75, 3.05) is 39.3 Å². The van der Waals surface area contributed by atoms with Gasteiger partial charge in [-0.15, -0.1) is 0 Å². The van der Waals surface area contributed by atoms with E-state index >= 15 is 0 Å². The lowest BCUT2D eigenvalue weighted by Crippen LogP contribution is -2.45. The summed E-state index contributed by atoms with van der Waals surface area (Å²) in [6.45, 7) is 5.30. The molecular weight excluding hydrogens is 391 g/mol. The SMILES string of the molecule is CC(C)(C)OC(=O)N1CCCN(CC(=O)N(Cc2ccco2)CC(F)(F)F)CC1. The van der Waals surface area contributed by atoms with E-state index < -0.39 is 30.3 Å². The van der Waals surface area contributed by atoms with Crippen molar-refractivity contribution in [2.45, 2.75) is 45.5 Å². The summed E-state index contributed by atoms with van der Waals surface area (Å²) in [6.07, 6.45) is -2.98. The van der Waals surface area contributed by atoms with Gasteiger partial charge in [-0.3, -0.25) is 9.69 Å². The molecule has 0 atom stereocenters.